The Kier molecular flexibility index (Phi) is 6.14. The maximum atomic E-state index is 9.91. The van der Waals surface area contributed by atoms with Gasteiger partial charge in [0.1, 0.15) is 11.9 Å². The van der Waals surface area contributed by atoms with E-state index < -0.39 is 0 Å². The van der Waals surface area contributed by atoms with Crippen LogP contribution in [0.5, 0.6) is 17.5 Å². The molecular formula is C24H27N3O3. The van der Waals surface area contributed by atoms with Gasteiger partial charge in [-0.05, 0) is 36.6 Å². The quantitative estimate of drug-likeness (QED) is 0.632. The number of ether oxygens (including phenoxy) is 2. The van der Waals surface area contributed by atoms with Crippen molar-refractivity contribution >= 4 is 5.69 Å². The van der Waals surface area contributed by atoms with Crippen LogP contribution in [0.15, 0.2) is 54.7 Å². The fourth-order valence-electron chi connectivity index (χ4n) is 3.68. The van der Waals surface area contributed by atoms with Gasteiger partial charge < -0.3 is 19.5 Å². The minimum atomic E-state index is -0.149. The van der Waals surface area contributed by atoms with E-state index in [1.807, 2.05) is 61.7 Å². The van der Waals surface area contributed by atoms with Crippen molar-refractivity contribution in [2.24, 2.45) is 0 Å². The number of aliphatic hydroxyl groups is 1. The van der Waals surface area contributed by atoms with Gasteiger partial charge in [-0.1, -0.05) is 31.2 Å². The minimum Gasteiger partial charge on any atom is -0.472 e. The minimum absolute atomic E-state index is 0.0547. The van der Waals surface area contributed by atoms with Crippen LogP contribution in [0.25, 0.3) is 0 Å². The first-order valence-corrected chi connectivity index (χ1v) is 10.4. The SMILES string of the molecule is CCc1ccccc1Oc1ccc(N2CC[C@H](Oc3ccc(C)cn3)C2)c(CO)n1. The molecule has 0 aliphatic carbocycles. The van der Waals surface area contributed by atoms with Gasteiger partial charge in [0.2, 0.25) is 11.8 Å². The molecule has 1 aliphatic rings. The van der Waals surface area contributed by atoms with Crippen LogP contribution in [-0.2, 0) is 13.0 Å². The van der Waals surface area contributed by atoms with E-state index in [0.717, 1.165) is 48.5 Å². The molecule has 0 amide bonds. The smallest absolute Gasteiger partial charge is 0.219 e. The third kappa shape index (κ3) is 4.54. The Bertz CT molecular complexity index is 991. The van der Waals surface area contributed by atoms with Crippen LogP contribution in [0.3, 0.4) is 0 Å². The van der Waals surface area contributed by atoms with E-state index in [9.17, 15) is 5.11 Å². The number of para-hydroxylation sites is 1. The molecule has 3 heterocycles. The van der Waals surface area contributed by atoms with Crippen LogP contribution in [0, 0.1) is 6.92 Å². The Morgan fingerprint density at radius 3 is 2.70 bits per heavy atom. The zero-order valence-corrected chi connectivity index (χ0v) is 17.4. The van der Waals surface area contributed by atoms with Crippen molar-refractivity contribution < 1.29 is 14.6 Å². The van der Waals surface area contributed by atoms with Crippen LogP contribution in [-0.4, -0.2) is 34.3 Å². The summed E-state index contributed by atoms with van der Waals surface area (Å²) in [5, 5.41) is 9.91. The summed E-state index contributed by atoms with van der Waals surface area (Å²) in [5.41, 5.74) is 3.75. The Labute approximate surface area is 177 Å². The second kappa shape index (κ2) is 9.13. The Morgan fingerprint density at radius 1 is 1.10 bits per heavy atom. The lowest BCUT2D eigenvalue weighted by Crippen LogP contribution is -2.26. The number of pyridine rings is 2. The van der Waals surface area contributed by atoms with Crippen LogP contribution in [0.4, 0.5) is 5.69 Å². The standard InChI is InChI=1S/C24H27N3O3/c1-3-18-6-4-5-7-22(18)30-24-11-9-21(20(16-28)26-24)27-13-12-19(15-27)29-23-10-8-17(2)14-25-23/h4-11,14,19,28H,3,12-13,15-16H2,1-2H3/t19-/m0/s1. The highest BCUT2D eigenvalue weighted by Gasteiger charge is 2.26. The van der Waals surface area contributed by atoms with Crippen molar-refractivity contribution in [2.45, 2.75) is 39.4 Å². The fourth-order valence-corrected chi connectivity index (χ4v) is 3.68. The van der Waals surface area contributed by atoms with E-state index >= 15 is 0 Å². The predicted octanol–water partition coefficient (Wildman–Crippen LogP) is 4.29. The molecule has 0 bridgehead atoms. The zero-order valence-electron chi connectivity index (χ0n) is 17.4. The first-order chi connectivity index (χ1) is 14.7. The highest BCUT2D eigenvalue weighted by atomic mass is 16.5. The van der Waals surface area contributed by atoms with Gasteiger partial charge in [-0.15, -0.1) is 0 Å². The zero-order chi connectivity index (χ0) is 20.9. The van der Waals surface area contributed by atoms with Gasteiger partial charge in [-0.3, -0.25) is 0 Å². The maximum Gasteiger partial charge on any atom is 0.219 e. The van der Waals surface area contributed by atoms with Gasteiger partial charge in [0.05, 0.1) is 24.5 Å². The fraction of sp³-hybridized carbons (Fsp3) is 0.333. The summed E-state index contributed by atoms with van der Waals surface area (Å²) < 4.78 is 12.0. The molecule has 1 aliphatic heterocycles. The number of hydrogen-bond donors (Lipinski definition) is 1. The van der Waals surface area contributed by atoms with Gasteiger partial charge in [0, 0.05) is 31.3 Å². The van der Waals surface area contributed by atoms with E-state index in [2.05, 4.69) is 21.8 Å². The van der Waals surface area contributed by atoms with Gasteiger partial charge in [0.25, 0.3) is 0 Å². The number of nitrogens with zero attached hydrogens (tertiary/aromatic N) is 3. The molecular weight excluding hydrogens is 378 g/mol. The molecule has 4 rings (SSSR count). The summed E-state index contributed by atoms with van der Waals surface area (Å²) in [7, 11) is 0. The molecule has 3 aromatic rings. The molecule has 0 saturated carbocycles. The molecule has 0 unspecified atom stereocenters. The van der Waals surface area contributed by atoms with Crippen molar-refractivity contribution in [3.63, 3.8) is 0 Å². The summed E-state index contributed by atoms with van der Waals surface area (Å²) in [6.45, 7) is 5.51. The average Bonchev–Trinajstić information content (AvgIpc) is 3.24. The number of aliphatic hydroxyl groups excluding tert-OH is 1. The maximum absolute atomic E-state index is 9.91. The summed E-state index contributed by atoms with van der Waals surface area (Å²) in [6, 6.07) is 15.7. The number of anilines is 1. The Morgan fingerprint density at radius 2 is 1.93 bits per heavy atom. The van der Waals surface area contributed by atoms with Gasteiger partial charge in [0.15, 0.2) is 0 Å². The second-order valence-electron chi connectivity index (χ2n) is 7.49. The first kappa shape index (κ1) is 20.2. The molecule has 2 aromatic heterocycles. The Hall–Kier alpha value is -3.12. The molecule has 6 heteroatoms. The molecule has 1 aromatic carbocycles. The topological polar surface area (TPSA) is 67.7 Å². The predicted molar refractivity (Wildman–Crippen MR) is 116 cm³/mol. The van der Waals surface area contributed by atoms with E-state index in [-0.39, 0.29) is 12.7 Å². The number of aryl methyl sites for hydroxylation is 2. The highest BCUT2D eigenvalue weighted by molar-refractivity contribution is 5.53. The van der Waals surface area contributed by atoms with Crippen molar-refractivity contribution in [1.29, 1.82) is 0 Å². The van der Waals surface area contributed by atoms with Crippen LogP contribution >= 0.6 is 0 Å². The summed E-state index contributed by atoms with van der Waals surface area (Å²) in [4.78, 5) is 11.1. The molecule has 1 atom stereocenters. The largest absolute Gasteiger partial charge is 0.472 e. The second-order valence-corrected chi connectivity index (χ2v) is 7.49. The van der Waals surface area contributed by atoms with Crippen LogP contribution < -0.4 is 14.4 Å². The van der Waals surface area contributed by atoms with Crippen LogP contribution in [0.1, 0.15) is 30.2 Å². The van der Waals surface area contributed by atoms with Crippen molar-refractivity contribution in [3.05, 3.63) is 71.5 Å². The molecule has 30 heavy (non-hydrogen) atoms. The molecule has 1 fully saturated rings. The van der Waals surface area contributed by atoms with Gasteiger partial charge in [-0.25, -0.2) is 9.97 Å². The summed E-state index contributed by atoms with van der Waals surface area (Å²) in [5.74, 6) is 1.93. The van der Waals surface area contributed by atoms with E-state index in [0.29, 0.717) is 17.5 Å². The van der Waals surface area contributed by atoms with E-state index in [4.69, 9.17) is 9.47 Å². The molecule has 6 nitrogen and oxygen atoms in total. The lowest BCUT2D eigenvalue weighted by atomic mass is 10.1. The van der Waals surface area contributed by atoms with Gasteiger partial charge >= 0.3 is 0 Å². The Balaban J connectivity index is 1.46. The number of hydrogen-bond acceptors (Lipinski definition) is 6. The number of benzene rings is 1. The molecule has 0 radical (unpaired) electrons. The highest BCUT2D eigenvalue weighted by Crippen LogP contribution is 2.30. The number of aromatic nitrogens is 2. The van der Waals surface area contributed by atoms with Crippen molar-refractivity contribution in [2.75, 3.05) is 18.0 Å². The van der Waals surface area contributed by atoms with Gasteiger partial charge in [-0.2, -0.15) is 0 Å². The third-order valence-corrected chi connectivity index (χ3v) is 5.30. The lowest BCUT2D eigenvalue weighted by Gasteiger charge is -2.21. The monoisotopic (exact) mass is 405 g/mol. The number of rotatable bonds is 7. The van der Waals surface area contributed by atoms with Crippen LogP contribution in [0.2, 0.25) is 0 Å². The molecule has 156 valence electrons. The van der Waals surface area contributed by atoms with Crippen molar-refractivity contribution in [1.82, 2.24) is 9.97 Å². The molecule has 1 saturated heterocycles. The van der Waals surface area contributed by atoms with E-state index in [1.54, 1.807) is 0 Å². The normalized spacial score (nSPS) is 16.0. The third-order valence-electron chi connectivity index (χ3n) is 5.30. The summed E-state index contributed by atoms with van der Waals surface area (Å²) >= 11 is 0. The lowest BCUT2D eigenvalue weighted by molar-refractivity contribution is 0.215. The average molecular weight is 405 g/mol. The molecule has 1 N–H and O–H groups in total. The first-order valence-electron chi connectivity index (χ1n) is 10.4. The van der Waals surface area contributed by atoms with E-state index in [1.165, 1.54) is 0 Å². The summed E-state index contributed by atoms with van der Waals surface area (Å²) in [6.07, 6.45) is 3.64. The van der Waals surface area contributed by atoms with Crippen molar-refractivity contribution in [3.8, 4) is 17.5 Å². The molecule has 0 spiro atoms.